The van der Waals surface area contributed by atoms with Crippen molar-refractivity contribution in [2.75, 3.05) is 0 Å². The Morgan fingerprint density at radius 2 is 1.11 bits per heavy atom. The molecule has 0 saturated heterocycles. The fourth-order valence-electron chi connectivity index (χ4n) is 1.89. The van der Waals surface area contributed by atoms with Gasteiger partial charge >= 0.3 is 0 Å². The van der Waals surface area contributed by atoms with E-state index in [4.69, 9.17) is 58.0 Å². The minimum absolute atomic E-state index is 0.490. The van der Waals surface area contributed by atoms with Gasteiger partial charge in [-0.1, -0.05) is 59.6 Å². The number of hydrogen-bond acceptors (Lipinski definition) is 0. The molecule has 0 N–H and O–H groups in total. The van der Waals surface area contributed by atoms with Gasteiger partial charge in [0, 0.05) is 10.0 Å². The molecule has 0 aromatic heterocycles. The standard InChI is InChI=1S/C14H9Cl5/c15-11-7-3-1-5-9(11)14(19,13(17)18)10-6-2-4-8-12(10)16/h1-8,13H. The zero-order valence-electron chi connectivity index (χ0n) is 9.59. The highest BCUT2D eigenvalue weighted by molar-refractivity contribution is 6.51. The number of alkyl halides is 3. The van der Waals surface area contributed by atoms with E-state index in [9.17, 15) is 0 Å². The van der Waals surface area contributed by atoms with Gasteiger partial charge in [-0.2, -0.15) is 0 Å². The summed E-state index contributed by atoms with van der Waals surface area (Å²) in [6.45, 7) is 0. The molecule has 0 fully saturated rings. The Morgan fingerprint density at radius 1 is 0.737 bits per heavy atom. The molecule has 0 heterocycles. The Labute approximate surface area is 137 Å². The topological polar surface area (TPSA) is 0 Å². The number of hydrogen-bond donors (Lipinski definition) is 0. The maximum atomic E-state index is 6.70. The van der Waals surface area contributed by atoms with E-state index < -0.39 is 9.71 Å². The summed E-state index contributed by atoms with van der Waals surface area (Å²) >= 11 is 31.4. The van der Waals surface area contributed by atoms with Crippen LogP contribution in [0.4, 0.5) is 0 Å². The van der Waals surface area contributed by atoms with Crippen molar-refractivity contribution < 1.29 is 0 Å². The van der Waals surface area contributed by atoms with Crippen molar-refractivity contribution >= 4 is 58.0 Å². The minimum Gasteiger partial charge on any atom is -0.106 e. The third-order valence-corrected chi connectivity index (χ3v) is 4.99. The fourth-order valence-corrected chi connectivity index (χ4v) is 3.36. The minimum atomic E-state index is -1.19. The van der Waals surface area contributed by atoms with Gasteiger partial charge in [-0.05, 0) is 23.3 Å². The van der Waals surface area contributed by atoms with Crippen LogP contribution in [0.25, 0.3) is 0 Å². The molecule has 2 aromatic rings. The lowest BCUT2D eigenvalue weighted by Crippen LogP contribution is -2.29. The monoisotopic (exact) mass is 352 g/mol. The molecule has 0 aliphatic rings. The van der Waals surface area contributed by atoms with Crippen LogP contribution in [0.15, 0.2) is 48.5 Å². The molecule has 0 spiro atoms. The van der Waals surface area contributed by atoms with Crippen LogP contribution < -0.4 is 0 Å². The molecule has 5 heteroatoms. The maximum absolute atomic E-state index is 6.70. The van der Waals surface area contributed by atoms with E-state index in [1.165, 1.54) is 0 Å². The van der Waals surface area contributed by atoms with E-state index in [1.807, 2.05) is 24.3 Å². The van der Waals surface area contributed by atoms with E-state index in [0.717, 1.165) is 0 Å². The molecule has 2 rings (SSSR count). The Balaban J connectivity index is 2.70. The maximum Gasteiger partial charge on any atom is 0.135 e. The molecule has 0 amide bonds. The summed E-state index contributed by atoms with van der Waals surface area (Å²) < 4.78 is 0. The average Bonchev–Trinajstić information content (AvgIpc) is 2.38. The number of halogens is 5. The quantitative estimate of drug-likeness (QED) is 0.569. The van der Waals surface area contributed by atoms with Gasteiger partial charge < -0.3 is 0 Å². The zero-order valence-corrected chi connectivity index (χ0v) is 13.4. The van der Waals surface area contributed by atoms with E-state index in [0.29, 0.717) is 21.2 Å². The van der Waals surface area contributed by atoms with Gasteiger partial charge in [-0.15, -0.1) is 34.8 Å². The van der Waals surface area contributed by atoms with Gasteiger partial charge in [0.15, 0.2) is 0 Å². The zero-order chi connectivity index (χ0) is 14.0. The highest BCUT2D eigenvalue weighted by Gasteiger charge is 2.41. The first-order chi connectivity index (χ1) is 8.98. The van der Waals surface area contributed by atoms with Crippen LogP contribution >= 0.6 is 58.0 Å². The first kappa shape index (κ1) is 15.3. The lowest BCUT2D eigenvalue weighted by Gasteiger charge is -2.31. The Bertz CT molecular complexity index is 534. The van der Waals surface area contributed by atoms with Gasteiger partial charge in [-0.25, -0.2) is 0 Å². The fraction of sp³-hybridized carbons (Fsp3) is 0.143. The van der Waals surface area contributed by atoms with E-state index >= 15 is 0 Å². The van der Waals surface area contributed by atoms with Gasteiger partial charge in [0.05, 0.1) is 0 Å². The van der Waals surface area contributed by atoms with Crippen LogP contribution in [0, 0.1) is 0 Å². The molecule has 19 heavy (non-hydrogen) atoms. The molecule has 0 aliphatic carbocycles. The SMILES string of the molecule is Clc1ccccc1C(Cl)(c1ccccc1Cl)C(Cl)Cl. The Hall–Kier alpha value is -0.110. The summed E-state index contributed by atoms with van der Waals surface area (Å²) in [6.07, 6.45) is 0. The molecular weight excluding hydrogens is 345 g/mol. The van der Waals surface area contributed by atoms with Gasteiger partial charge in [0.25, 0.3) is 0 Å². The predicted octanol–water partition coefficient (Wildman–Crippen LogP) is 6.28. The third-order valence-electron chi connectivity index (χ3n) is 2.83. The van der Waals surface area contributed by atoms with Gasteiger partial charge in [0.2, 0.25) is 0 Å². The van der Waals surface area contributed by atoms with Gasteiger partial charge in [-0.3, -0.25) is 0 Å². The molecule has 0 radical (unpaired) electrons. The first-order valence-electron chi connectivity index (χ1n) is 5.45. The largest absolute Gasteiger partial charge is 0.135 e. The molecular formula is C14H9Cl5. The van der Waals surface area contributed by atoms with Crippen molar-refractivity contribution in [1.29, 1.82) is 0 Å². The molecule has 0 saturated carbocycles. The highest BCUT2D eigenvalue weighted by Crippen LogP contribution is 2.48. The lowest BCUT2D eigenvalue weighted by atomic mass is 9.91. The molecule has 0 atom stereocenters. The van der Waals surface area contributed by atoms with Crippen molar-refractivity contribution in [1.82, 2.24) is 0 Å². The van der Waals surface area contributed by atoms with Crippen molar-refractivity contribution in [3.63, 3.8) is 0 Å². The third kappa shape index (κ3) is 2.84. The van der Waals surface area contributed by atoms with E-state index in [2.05, 4.69) is 0 Å². The van der Waals surface area contributed by atoms with Crippen molar-refractivity contribution in [2.45, 2.75) is 9.71 Å². The normalized spacial score (nSPS) is 11.9. The molecule has 0 nitrogen and oxygen atoms in total. The van der Waals surface area contributed by atoms with Gasteiger partial charge in [0.1, 0.15) is 9.71 Å². The molecule has 2 aromatic carbocycles. The van der Waals surface area contributed by atoms with E-state index in [1.54, 1.807) is 24.3 Å². The van der Waals surface area contributed by atoms with Crippen LogP contribution in [0.2, 0.25) is 10.0 Å². The van der Waals surface area contributed by atoms with Crippen molar-refractivity contribution in [2.24, 2.45) is 0 Å². The molecule has 0 bridgehead atoms. The predicted molar refractivity (Wildman–Crippen MR) is 85.0 cm³/mol. The second-order valence-electron chi connectivity index (χ2n) is 3.97. The van der Waals surface area contributed by atoms with Crippen molar-refractivity contribution in [3.8, 4) is 0 Å². The molecule has 0 unspecified atom stereocenters. The van der Waals surface area contributed by atoms with Crippen LogP contribution in [-0.2, 0) is 4.87 Å². The average molecular weight is 354 g/mol. The van der Waals surface area contributed by atoms with E-state index in [-0.39, 0.29) is 0 Å². The number of rotatable bonds is 3. The first-order valence-corrected chi connectivity index (χ1v) is 7.45. The molecule has 100 valence electrons. The Kier molecular flexibility index (Phi) is 4.92. The summed E-state index contributed by atoms with van der Waals surface area (Å²) in [7, 11) is 0. The van der Waals surface area contributed by atoms with Crippen LogP contribution in [-0.4, -0.2) is 4.84 Å². The summed E-state index contributed by atoms with van der Waals surface area (Å²) in [5, 5.41) is 0.979. The van der Waals surface area contributed by atoms with Crippen LogP contribution in [0.3, 0.4) is 0 Å². The van der Waals surface area contributed by atoms with Crippen LogP contribution in [0.1, 0.15) is 11.1 Å². The smallest absolute Gasteiger partial charge is 0.106 e. The summed E-state index contributed by atoms with van der Waals surface area (Å²) in [6, 6.07) is 14.3. The van der Waals surface area contributed by atoms with Crippen LogP contribution in [0.5, 0.6) is 0 Å². The summed E-state index contributed by atoms with van der Waals surface area (Å²) in [4.78, 5) is -2.10. The summed E-state index contributed by atoms with van der Waals surface area (Å²) in [5.74, 6) is 0. The number of benzene rings is 2. The second kappa shape index (κ2) is 6.11. The highest BCUT2D eigenvalue weighted by atomic mass is 35.5. The molecule has 0 aliphatic heterocycles. The second-order valence-corrected chi connectivity index (χ2v) is 6.48. The Morgan fingerprint density at radius 3 is 1.42 bits per heavy atom. The van der Waals surface area contributed by atoms with Crippen molar-refractivity contribution in [3.05, 3.63) is 69.7 Å². The lowest BCUT2D eigenvalue weighted by molar-refractivity contribution is 0.791. The summed E-state index contributed by atoms with van der Waals surface area (Å²) in [5.41, 5.74) is 1.25.